The molecule has 0 saturated heterocycles. The summed E-state index contributed by atoms with van der Waals surface area (Å²) in [5, 5.41) is 20.1. The molecule has 0 heterocycles. The van der Waals surface area contributed by atoms with Gasteiger partial charge < -0.3 is 0 Å². The van der Waals surface area contributed by atoms with Crippen molar-refractivity contribution in [2.45, 2.75) is 20.3 Å². The highest BCUT2D eigenvalue weighted by atomic mass is 35.5. The van der Waals surface area contributed by atoms with Crippen LogP contribution in [0.1, 0.15) is 19.4 Å². The molecule has 16 heavy (non-hydrogen) atoms. The highest BCUT2D eigenvalue weighted by Gasteiger charge is 2.25. The van der Waals surface area contributed by atoms with Gasteiger partial charge in [-0.15, -0.1) is 0 Å². The largest absolute Gasteiger partial charge is 0.274 e. The lowest BCUT2D eigenvalue weighted by atomic mass is 9.87. The van der Waals surface area contributed by atoms with Crippen molar-refractivity contribution in [2.75, 3.05) is 0 Å². The Morgan fingerprint density at radius 1 is 1.56 bits per heavy atom. The minimum absolute atomic E-state index is 0.0316. The molecule has 5 heteroatoms. The van der Waals surface area contributed by atoms with Crippen LogP contribution in [-0.4, -0.2) is 4.92 Å². The average molecular weight is 239 g/mol. The smallest absolute Gasteiger partial charge is 0.258 e. The summed E-state index contributed by atoms with van der Waals surface area (Å²) in [7, 11) is 0. The van der Waals surface area contributed by atoms with Crippen LogP contribution in [0.3, 0.4) is 0 Å². The Bertz CT molecular complexity index is 464. The van der Waals surface area contributed by atoms with Crippen LogP contribution >= 0.6 is 11.6 Å². The molecule has 0 spiro atoms. The Morgan fingerprint density at radius 3 is 2.69 bits per heavy atom. The molecule has 0 saturated carbocycles. The second kappa shape index (κ2) is 4.50. The second-order valence-electron chi connectivity index (χ2n) is 4.17. The van der Waals surface area contributed by atoms with Gasteiger partial charge in [0.2, 0.25) is 0 Å². The first kappa shape index (κ1) is 12.5. The molecule has 0 aliphatic rings. The van der Waals surface area contributed by atoms with E-state index in [1.54, 1.807) is 19.9 Å². The molecule has 0 radical (unpaired) electrons. The molecule has 0 bridgehead atoms. The van der Waals surface area contributed by atoms with Gasteiger partial charge in [-0.25, -0.2) is 0 Å². The number of nitrogens with zero attached hydrogens (tertiary/aromatic N) is 2. The predicted molar refractivity (Wildman–Crippen MR) is 61.2 cm³/mol. The summed E-state index contributed by atoms with van der Waals surface area (Å²) >= 11 is 5.92. The minimum atomic E-state index is -0.671. The monoisotopic (exact) mass is 238 g/mol. The molecule has 0 fully saturated rings. The van der Waals surface area contributed by atoms with Crippen LogP contribution in [-0.2, 0) is 6.42 Å². The van der Waals surface area contributed by atoms with E-state index in [9.17, 15) is 10.1 Å². The SMILES string of the molecule is CC(C)(C#N)Cc1c(Cl)cccc1[N+](=O)[O-]. The van der Waals surface area contributed by atoms with Crippen molar-refractivity contribution in [1.82, 2.24) is 0 Å². The van der Waals surface area contributed by atoms with Crippen LogP contribution in [0.4, 0.5) is 5.69 Å². The summed E-state index contributed by atoms with van der Waals surface area (Å²) in [6, 6.07) is 6.63. The van der Waals surface area contributed by atoms with Gasteiger partial charge in [-0.05, 0) is 26.3 Å². The van der Waals surface area contributed by atoms with E-state index in [2.05, 4.69) is 6.07 Å². The molecular weight excluding hydrogens is 228 g/mol. The van der Waals surface area contributed by atoms with Crippen molar-refractivity contribution in [3.63, 3.8) is 0 Å². The summed E-state index contributed by atoms with van der Waals surface area (Å²) in [6.45, 7) is 3.44. The fourth-order valence-electron chi connectivity index (χ4n) is 1.37. The molecule has 1 aromatic rings. The van der Waals surface area contributed by atoms with Crippen LogP contribution in [0.5, 0.6) is 0 Å². The van der Waals surface area contributed by atoms with E-state index in [-0.39, 0.29) is 12.1 Å². The van der Waals surface area contributed by atoms with Gasteiger partial charge in [0.15, 0.2) is 0 Å². The van der Waals surface area contributed by atoms with Crippen molar-refractivity contribution in [1.29, 1.82) is 5.26 Å². The van der Waals surface area contributed by atoms with Crippen molar-refractivity contribution >= 4 is 17.3 Å². The van der Waals surface area contributed by atoms with E-state index in [0.29, 0.717) is 10.6 Å². The van der Waals surface area contributed by atoms with Crippen molar-refractivity contribution in [2.24, 2.45) is 5.41 Å². The molecule has 1 aromatic carbocycles. The normalized spacial score (nSPS) is 10.9. The predicted octanol–water partition coefficient (Wildman–Crippen LogP) is 3.34. The number of nitro groups is 1. The van der Waals surface area contributed by atoms with Crippen molar-refractivity contribution in [3.8, 4) is 6.07 Å². The quantitative estimate of drug-likeness (QED) is 0.599. The summed E-state index contributed by atoms with van der Waals surface area (Å²) in [5.41, 5.74) is -0.285. The van der Waals surface area contributed by atoms with Gasteiger partial charge in [0.25, 0.3) is 5.69 Å². The van der Waals surface area contributed by atoms with E-state index in [4.69, 9.17) is 16.9 Å². The number of hydrogen-bond donors (Lipinski definition) is 0. The van der Waals surface area contributed by atoms with Gasteiger partial charge in [-0.2, -0.15) is 5.26 Å². The molecule has 0 N–H and O–H groups in total. The number of hydrogen-bond acceptors (Lipinski definition) is 3. The molecule has 1 rings (SSSR count). The lowest BCUT2D eigenvalue weighted by molar-refractivity contribution is -0.385. The first-order valence-electron chi connectivity index (χ1n) is 4.70. The van der Waals surface area contributed by atoms with E-state index < -0.39 is 10.3 Å². The average Bonchev–Trinajstić information content (AvgIpc) is 2.20. The van der Waals surface area contributed by atoms with Gasteiger partial charge in [0, 0.05) is 11.6 Å². The summed E-state index contributed by atoms with van der Waals surface area (Å²) in [5.74, 6) is 0. The van der Waals surface area contributed by atoms with Gasteiger partial charge in [-0.3, -0.25) is 10.1 Å². The number of nitro benzene ring substituents is 1. The third-order valence-corrected chi connectivity index (χ3v) is 2.57. The Kier molecular flexibility index (Phi) is 3.51. The Balaban J connectivity index is 3.23. The Morgan fingerprint density at radius 2 is 2.19 bits per heavy atom. The Labute approximate surface area is 98.6 Å². The number of benzene rings is 1. The van der Waals surface area contributed by atoms with Crippen LogP contribution < -0.4 is 0 Å². The number of halogens is 1. The zero-order valence-corrected chi connectivity index (χ0v) is 9.78. The molecule has 84 valence electrons. The lowest BCUT2D eigenvalue weighted by Crippen LogP contribution is -2.13. The molecule has 0 aromatic heterocycles. The van der Waals surface area contributed by atoms with Gasteiger partial charge in [0.05, 0.1) is 21.4 Å². The maximum atomic E-state index is 10.8. The molecule has 0 atom stereocenters. The zero-order chi connectivity index (χ0) is 12.3. The van der Waals surface area contributed by atoms with Crippen LogP contribution in [0.2, 0.25) is 5.02 Å². The maximum absolute atomic E-state index is 10.8. The highest BCUT2D eigenvalue weighted by molar-refractivity contribution is 6.31. The van der Waals surface area contributed by atoms with E-state index >= 15 is 0 Å². The molecule has 0 aliphatic carbocycles. The van der Waals surface area contributed by atoms with Gasteiger partial charge in [0.1, 0.15) is 0 Å². The highest BCUT2D eigenvalue weighted by Crippen LogP contribution is 2.32. The lowest BCUT2D eigenvalue weighted by Gasteiger charge is -2.15. The minimum Gasteiger partial charge on any atom is -0.258 e. The van der Waals surface area contributed by atoms with Crippen LogP contribution in [0.25, 0.3) is 0 Å². The zero-order valence-electron chi connectivity index (χ0n) is 9.03. The standard InChI is InChI=1S/C11H11ClN2O2/c1-11(2,7-13)6-8-9(12)4-3-5-10(8)14(15)16/h3-5H,6H2,1-2H3. The molecule has 0 aliphatic heterocycles. The van der Waals surface area contributed by atoms with E-state index in [0.717, 1.165) is 0 Å². The van der Waals surface area contributed by atoms with E-state index in [1.165, 1.54) is 12.1 Å². The maximum Gasteiger partial charge on any atom is 0.274 e. The summed E-state index contributed by atoms with van der Waals surface area (Å²) in [6.07, 6.45) is 0.263. The van der Waals surface area contributed by atoms with Crippen LogP contribution in [0.15, 0.2) is 18.2 Å². The summed E-state index contributed by atoms with van der Waals surface area (Å²) in [4.78, 5) is 10.3. The van der Waals surface area contributed by atoms with Gasteiger partial charge >= 0.3 is 0 Å². The molecule has 0 amide bonds. The summed E-state index contributed by atoms with van der Waals surface area (Å²) < 4.78 is 0. The molecule has 4 nitrogen and oxygen atoms in total. The number of nitriles is 1. The topological polar surface area (TPSA) is 66.9 Å². The first-order valence-corrected chi connectivity index (χ1v) is 5.08. The Hall–Kier alpha value is -1.60. The fraction of sp³-hybridized carbons (Fsp3) is 0.364. The second-order valence-corrected chi connectivity index (χ2v) is 4.57. The molecule has 0 unspecified atom stereocenters. The molecular formula is C11H11ClN2O2. The van der Waals surface area contributed by atoms with Crippen molar-refractivity contribution in [3.05, 3.63) is 38.9 Å². The third kappa shape index (κ3) is 2.71. The van der Waals surface area contributed by atoms with E-state index in [1.807, 2.05) is 0 Å². The fourth-order valence-corrected chi connectivity index (χ4v) is 1.61. The third-order valence-electron chi connectivity index (χ3n) is 2.21. The van der Waals surface area contributed by atoms with Gasteiger partial charge in [-0.1, -0.05) is 17.7 Å². The van der Waals surface area contributed by atoms with Crippen molar-refractivity contribution < 1.29 is 4.92 Å². The first-order chi connectivity index (χ1) is 7.37. The van der Waals surface area contributed by atoms with Crippen LogP contribution in [0, 0.1) is 26.9 Å². The number of rotatable bonds is 3.